The van der Waals surface area contributed by atoms with Crippen LogP contribution in [-0.2, 0) is 14.3 Å². The summed E-state index contributed by atoms with van der Waals surface area (Å²) in [6.07, 6.45) is 1.44. The number of ether oxygens (including phenoxy) is 2. The molecule has 0 aliphatic carbocycles. The van der Waals surface area contributed by atoms with Crippen LogP contribution in [0.3, 0.4) is 0 Å². The number of rotatable bonds is 6. The van der Waals surface area contributed by atoms with Crippen molar-refractivity contribution >= 4 is 23.5 Å². The largest absolute Gasteiger partial charge is 0.452 e. The first kappa shape index (κ1) is 23.0. The molecule has 4 rings (SSSR count). The van der Waals surface area contributed by atoms with Gasteiger partial charge in [-0.3, -0.25) is 9.36 Å². The Bertz CT molecular complexity index is 1220. The molecule has 9 nitrogen and oxygen atoms in total. The van der Waals surface area contributed by atoms with Gasteiger partial charge in [-0.05, 0) is 43.7 Å². The molecule has 1 aliphatic rings. The van der Waals surface area contributed by atoms with Crippen LogP contribution in [-0.4, -0.2) is 54.3 Å². The molecule has 0 saturated carbocycles. The van der Waals surface area contributed by atoms with E-state index < -0.39 is 18.5 Å². The highest BCUT2D eigenvalue weighted by atomic mass is 16.5. The van der Waals surface area contributed by atoms with Crippen molar-refractivity contribution in [2.45, 2.75) is 13.8 Å². The van der Waals surface area contributed by atoms with Crippen LogP contribution in [0.15, 0.2) is 48.7 Å². The van der Waals surface area contributed by atoms with Gasteiger partial charge in [-0.1, -0.05) is 18.2 Å². The number of aromatic nitrogens is 2. The van der Waals surface area contributed by atoms with Crippen molar-refractivity contribution in [1.82, 2.24) is 9.55 Å². The summed E-state index contributed by atoms with van der Waals surface area (Å²) in [5, 5.41) is 12.4. The first-order chi connectivity index (χ1) is 16.5. The molecule has 0 unspecified atom stereocenters. The van der Waals surface area contributed by atoms with Crippen LogP contribution in [0, 0.1) is 25.2 Å². The van der Waals surface area contributed by atoms with Gasteiger partial charge in [0.05, 0.1) is 24.3 Å². The Morgan fingerprint density at radius 2 is 1.88 bits per heavy atom. The van der Waals surface area contributed by atoms with Crippen LogP contribution in [0.5, 0.6) is 0 Å². The number of esters is 1. The maximum atomic E-state index is 12.6. The molecular weight excluding hydrogens is 434 g/mol. The summed E-state index contributed by atoms with van der Waals surface area (Å²) in [5.74, 6) is -0.0877. The number of anilines is 2. The number of hydrogen-bond acceptors (Lipinski definition) is 7. The number of pyridine rings is 1. The molecule has 1 fully saturated rings. The summed E-state index contributed by atoms with van der Waals surface area (Å²) in [6, 6.07) is 14.9. The van der Waals surface area contributed by atoms with Crippen molar-refractivity contribution in [3.05, 3.63) is 71.0 Å². The predicted octanol–water partition coefficient (Wildman–Crippen LogP) is 2.99. The molecule has 1 saturated heterocycles. The second-order valence-electron chi connectivity index (χ2n) is 7.85. The lowest BCUT2D eigenvalue weighted by molar-refractivity contribution is -0.119. The molecule has 2 aromatic heterocycles. The first-order valence-corrected chi connectivity index (χ1v) is 10.9. The van der Waals surface area contributed by atoms with Gasteiger partial charge in [0.25, 0.3) is 5.91 Å². The standard InChI is InChI=1S/C25H25N5O4/c1-17-18(2)30(20-6-4-3-5-7-20)24(21(17)14-26)28-23(31)16-34-25(32)19-8-9-22(27-15-19)29-10-12-33-13-11-29/h3-9,15H,10-13,16H2,1-2H3,(H,28,31). The summed E-state index contributed by atoms with van der Waals surface area (Å²) < 4.78 is 12.3. The van der Waals surface area contributed by atoms with Gasteiger partial charge >= 0.3 is 5.97 Å². The van der Waals surface area contributed by atoms with Crippen molar-refractivity contribution in [2.24, 2.45) is 0 Å². The van der Waals surface area contributed by atoms with Crippen molar-refractivity contribution in [3.8, 4) is 11.8 Å². The summed E-state index contributed by atoms with van der Waals surface area (Å²) in [6.45, 7) is 5.98. The van der Waals surface area contributed by atoms with E-state index in [1.807, 2.05) is 48.7 Å². The zero-order valence-corrected chi connectivity index (χ0v) is 19.1. The van der Waals surface area contributed by atoms with Gasteiger partial charge in [-0.15, -0.1) is 0 Å². The van der Waals surface area contributed by atoms with Gasteiger partial charge in [0, 0.05) is 30.7 Å². The Kier molecular flexibility index (Phi) is 6.90. The van der Waals surface area contributed by atoms with Gasteiger partial charge < -0.3 is 19.7 Å². The molecule has 9 heteroatoms. The Hall–Kier alpha value is -4.16. The van der Waals surface area contributed by atoms with Crippen molar-refractivity contribution in [2.75, 3.05) is 43.1 Å². The third kappa shape index (κ3) is 4.77. The predicted molar refractivity (Wildman–Crippen MR) is 126 cm³/mol. The SMILES string of the molecule is Cc1c(C#N)c(NC(=O)COC(=O)c2ccc(N3CCOCC3)nc2)n(-c2ccccc2)c1C. The molecule has 0 bridgehead atoms. The number of nitrogens with one attached hydrogen (secondary N) is 1. The zero-order chi connectivity index (χ0) is 24.1. The molecule has 1 aliphatic heterocycles. The fourth-order valence-electron chi connectivity index (χ4n) is 3.83. The maximum Gasteiger partial charge on any atom is 0.340 e. The van der Waals surface area contributed by atoms with Crippen LogP contribution < -0.4 is 10.2 Å². The topological polar surface area (TPSA) is 109 Å². The van der Waals surface area contributed by atoms with Crippen LogP contribution in [0.25, 0.3) is 5.69 Å². The summed E-state index contributed by atoms with van der Waals surface area (Å²) in [5.41, 5.74) is 3.03. The van der Waals surface area contributed by atoms with E-state index in [1.54, 1.807) is 12.1 Å². The fourth-order valence-corrected chi connectivity index (χ4v) is 3.83. The van der Waals surface area contributed by atoms with Crippen LogP contribution in [0.4, 0.5) is 11.6 Å². The molecule has 3 heterocycles. The molecule has 174 valence electrons. The molecule has 1 amide bonds. The summed E-state index contributed by atoms with van der Waals surface area (Å²) in [4.78, 5) is 31.5. The van der Waals surface area contributed by atoms with Crippen LogP contribution in [0.1, 0.15) is 27.2 Å². The Morgan fingerprint density at radius 1 is 1.15 bits per heavy atom. The van der Waals surface area contributed by atoms with Gasteiger partial charge in [-0.2, -0.15) is 5.26 Å². The van der Waals surface area contributed by atoms with Crippen LogP contribution in [0.2, 0.25) is 0 Å². The lowest BCUT2D eigenvalue weighted by atomic mass is 10.2. The number of benzene rings is 1. The van der Waals surface area contributed by atoms with E-state index in [0.29, 0.717) is 24.6 Å². The van der Waals surface area contributed by atoms with E-state index in [1.165, 1.54) is 6.20 Å². The van der Waals surface area contributed by atoms with Gasteiger partial charge in [0.15, 0.2) is 6.61 Å². The average molecular weight is 460 g/mol. The highest BCUT2D eigenvalue weighted by Crippen LogP contribution is 2.29. The first-order valence-electron chi connectivity index (χ1n) is 10.9. The minimum atomic E-state index is -0.650. The number of nitrogens with zero attached hydrogens (tertiary/aromatic N) is 4. The second-order valence-corrected chi connectivity index (χ2v) is 7.85. The van der Waals surface area contributed by atoms with E-state index in [2.05, 4.69) is 21.3 Å². The molecular formula is C25H25N5O4. The van der Waals surface area contributed by atoms with E-state index in [0.717, 1.165) is 35.9 Å². The quantitative estimate of drug-likeness (QED) is 0.564. The van der Waals surface area contributed by atoms with E-state index >= 15 is 0 Å². The van der Waals surface area contributed by atoms with Crippen molar-refractivity contribution in [1.29, 1.82) is 5.26 Å². The molecule has 0 radical (unpaired) electrons. The van der Waals surface area contributed by atoms with Gasteiger partial charge in [0.2, 0.25) is 0 Å². The lowest BCUT2D eigenvalue weighted by Crippen LogP contribution is -2.36. The molecule has 3 aromatic rings. The second kappa shape index (κ2) is 10.2. The minimum absolute atomic E-state index is 0.252. The van der Waals surface area contributed by atoms with E-state index in [4.69, 9.17) is 9.47 Å². The highest BCUT2D eigenvalue weighted by Gasteiger charge is 2.21. The maximum absolute atomic E-state index is 12.6. The molecule has 1 N–H and O–H groups in total. The third-order valence-electron chi connectivity index (χ3n) is 5.75. The Balaban J connectivity index is 1.43. The molecule has 0 spiro atoms. The van der Waals surface area contributed by atoms with Gasteiger partial charge in [-0.25, -0.2) is 9.78 Å². The number of carbonyl (C=O) groups excluding carboxylic acids is 2. The smallest absolute Gasteiger partial charge is 0.340 e. The Labute approximate surface area is 197 Å². The number of para-hydroxylation sites is 1. The van der Waals surface area contributed by atoms with E-state index in [-0.39, 0.29) is 5.56 Å². The number of hydrogen-bond donors (Lipinski definition) is 1. The number of nitriles is 1. The van der Waals surface area contributed by atoms with Gasteiger partial charge in [0.1, 0.15) is 17.7 Å². The summed E-state index contributed by atoms with van der Waals surface area (Å²) >= 11 is 0. The minimum Gasteiger partial charge on any atom is -0.452 e. The van der Waals surface area contributed by atoms with E-state index in [9.17, 15) is 14.9 Å². The van der Waals surface area contributed by atoms with Crippen molar-refractivity contribution in [3.63, 3.8) is 0 Å². The summed E-state index contributed by atoms with van der Waals surface area (Å²) in [7, 11) is 0. The molecule has 0 atom stereocenters. The monoisotopic (exact) mass is 459 g/mol. The fraction of sp³-hybridized carbons (Fsp3) is 0.280. The van der Waals surface area contributed by atoms with Crippen molar-refractivity contribution < 1.29 is 19.1 Å². The zero-order valence-electron chi connectivity index (χ0n) is 19.1. The highest BCUT2D eigenvalue weighted by molar-refractivity contribution is 5.96. The average Bonchev–Trinajstić information content (AvgIpc) is 3.12. The third-order valence-corrected chi connectivity index (χ3v) is 5.75. The van der Waals surface area contributed by atoms with Crippen LogP contribution >= 0.6 is 0 Å². The number of carbonyl (C=O) groups is 2. The Morgan fingerprint density at radius 3 is 2.53 bits per heavy atom. The molecule has 34 heavy (non-hydrogen) atoms. The normalized spacial score (nSPS) is 13.3. The number of morpholine rings is 1. The number of amides is 1. The lowest BCUT2D eigenvalue weighted by Gasteiger charge is -2.27. The molecule has 1 aromatic carbocycles.